The van der Waals surface area contributed by atoms with Gasteiger partial charge < -0.3 is 5.32 Å². The summed E-state index contributed by atoms with van der Waals surface area (Å²) in [5.74, 6) is -0.359. The molecule has 0 radical (unpaired) electrons. The van der Waals surface area contributed by atoms with E-state index in [9.17, 15) is 22.2 Å². The van der Waals surface area contributed by atoms with Crippen molar-refractivity contribution in [3.05, 3.63) is 53.0 Å². The Hall–Kier alpha value is -2.37. The molecule has 2 heterocycles. The van der Waals surface area contributed by atoms with Gasteiger partial charge in [0.25, 0.3) is 0 Å². The number of alkyl halides is 3. The van der Waals surface area contributed by atoms with Crippen LogP contribution in [0.5, 0.6) is 0 Å². The van der Waals surface area contributed by atoms with Crippen LogP contribution in [0.15, 0.2) is 47.3 Å². The van der Waals surface area contributed by atoms with Crippen LogP contribution in [-0.4, -0.2) is 25.6 Å². The maximum atomic E-state index is 12.5. The molecule has 0 aliphatic heterocycles. The lowest BCUT2D eigenvalue weighted by atomic mass is 10.1. The van der Waals surface area contributed by atoms with E-state index in [0.717, 1.165) is 27.6 Å². The quantitative estimate of drug-likeness (QED) is 0.559. The SMILES string of the molecule is C=C(C)c1ncc(-c2csc(NC(=O)Cc3ccc(S(=O)C(F)(F)F)cc3)n2)s1. The number of hydrogen-bond acceptors (Lipinski definition) is 6. The van der Waals surface area contributed by atoms with E-state index in [2.05, 4.69) is 21.9 Å². The third kappa shape index (κ3) is 5.37. The summed E-state index contributed by atoms with van der Waals surface area (Å²) in [6.45, 7) is 5.71. The van der Waals surface area contributed by atoms with Gasteiger partial charge in [0.05, 0.1) is 17.0 Å². The topological polar surface area (TPSA) is 72.0 Å². The van der Waals surface area contributed by atoms with Gasteiger partial charge in [-0.3, -0.25) is 4.79 Å². The van der Waals surface area contributed by atoms with Gasteiger partial charge in [0.15, 0.2) is 15.9 Å². The Bertz CT molecular complexity index is 1070. The van der Waals surface area contributed by atoms with Gasteiger partial charge in [0.2, 0.25) is 5.91 Å². The zero-order chi connectivity index (χ0) is 21.2. The first-order valence-electron chi connectivity index (χ1n) is 8.08. The van der Waals surface area contributed by atoms with Crippen molar-refractivity contribution in [2.45, 2.75) is 23.7 Å². The molecule has 0 saturated heterocycles. The lowest BCUT2D eigenvalue weighted by molar-refractivity contribution is -0.115. The van der Waals surface area contributed by atoms with Crippen molar-refractivity contribution in [2.75, 3.05) is 5.32 Å². The number of thiazole rings is 2. The van der Waals surface area contributed by atoms with Crippen LogP contribution in [-0.2, 0) is 22.0 Å². The van der Waals surface area contributed by atoms with Crippen LogP contribution < -0.4 is 5.32 Å². The van der Waals surface area contributed by atoms with E-state index in [1.54, 1.807) is 11.6 Å². The number of carbonyl (C=O) groups excluding carboxylic acids is 1. The molecule has 0 aliphatic carbocycles. The minimum Gasteiger partial charge on any atom is -0.302 e. The van der Waals surface area contributed by atoms with Crippen LogP contribution >= 0.6 is 22.7 Å². The van der Waals surface area contributed by atoms with Crippen molar-refractivity contribution >= 4 is 50.1 Å². The molecule has 3 rings (SSSR count). The molecular weight excluding hydrogens is 443 g/mol. The number of carbonyl (C=O) groups is 1. The van der Waals surface area contributed by atoms with Crippen LogP contribution in [0, 0.1) is 0 Å². The number of nitrogens with zero attached hydrogens (tertiary/aromatic N) is 2. The number of amides is 1. The number of rotatable bonds is 6. The fourth-order valence-electron chi connectivity index (χ4n) is 2.25. The summed E-state index contributed by atoms with van der Waals surface area (Å²) in [5.41, 5.74) is -2.77. The van der Waals surface area contributed by atoms with E-state index in [4.69, 9.17) is 0 Å². The summed E-state index contributed by atoms with van der Waals surface area (Å²) in [4.78, 5) is 21.3. The Kier molecular flexibility index (Phi) is 6.30. The molecule has 2 aromatic heterocycles. The van der Waals surface area contributed by atoms with E-state index < -0.39 is 16.3 Å². The monoisotopic (exact) mass is 457 g/mol. The molecule has 152 valence electrons. The molecule has 0 bridgehead atoms. The molecule has 1 unspecified atom stereocenters. The summed E-state index contributed by atoms with van der Waals surface area (Å²) in [5, 5.41) is 5.69. The molecule has 1 aromatic carbocycles. The number of anilines is 1. The van der Waals surface area contributed by atoms with Crippen LogP contribution in [0.4, 0.5) is 18.3 Å². The summed E-state index contributed by atoms with van der Waals surface area (Å²) < 4.78 is 48.7. The van der Waals surface area contributed by atoms with E-state index >= 15 is 0 Å². The number of nitrogens with one attached hydrogen (secondary N) is 1. The maximum Gasteiger partial charge on any atom is 0.475 e. The lowest BCUT2D eigenvalue weighted by Crippen LogP contribution is -2.16. The Morgan fingerprint density at radius 1 is 1.28 bits per heavy atom. The second-order valence-corrected chi connectivity index (χ2v) is 9.29. The number of allylic oxidation sites excluding steroid dienone is 1. The van der Waals surface area contributed by atoms with Crippen molar-refractivity contribution in [2.24, 2.45) is 0 Å². The van der Waals surface area contributed by atoms with E-state index in [-0.39, 0.29) is 17.2 Å². The van der Waals surface area contributed by atoms with Crippen LogP contribution in [0.3, 0.4) is 0 Å². The highest BCUT2D eigenvalue weighted by atomic mass is 32.2. The maximum absolute atomic E-state index is 12.5. The largest absolute Gasteiger partial charge is 0.475 e. The zero-order valence-electron chi connectivity index (χ0n) is 14.9. The highest BCUT2D eigenvalue weighted by Gasteiger charge is 2.37. The first kappa shape index (κ1) is 21.3. The zero-order valence-corrected chi connectivity index (χ0v) is 17.4. The Morgan fingerprint density at radius 2 is 1.97 bits per heavy atom. The van der Waals surface area contributed by atoms with Gasteiger partial charge in [-0.05, 0) is 30.2 Å². The number of hydrogen-bond donors (Lipinski definition) is 1. The number of benzene rings is 1. The number of aromatic nitrogens is 2. The molecule has 29 heavy (non-hydrogen) atoms. The number of halogens is 3. The van der Waals surface area contributed by atoms with Gasteiger partial charge in [-0.1, -0.05) is 18.7 Å². The smallest absolute Gasteiger partial charge is 0.302 e. The summed E-state index contributed by atoms with van der Waals surface area (Å²) in [7, 11) is -3.09. The van der Waals surface area contributed by atoms with Gasteiger partial charge in [0, 0.05) is 16.5 Å². The van der Waals surface area contributed by atoms with Crippen LogP contribution in [0.25, 0.3) is 16.1 Å². The average Bonchev–Trinajstić information content (AvgIpc) is 3.30. The van der Waals surface area contributed by atoms with Gasteiger partial charge in [-0.25, -0.2) is 14.2 Å². The van der Waals surface area contributed by atoms with E-state index in [0.29, 0.717) is 16.4 Å². The van der Waals surface area contributed by atoms with Gasteiger partial charge in [0.1, 0.15) is 5.01 Å². The van der Waals surface area contributed by atoms with Crippen molar-refractivity contribution < 1.29 is 22.2 Å². The molecule has 0 spiro atoms. The van der Waals surface area contributed by atoms with E-state index in [1.807, 2.05) is 6.92 Å². The summed E-state index contributed by atoms with van der Waals surface area (Å²) in [6.07, 6.45) is 1.65. The summed E-state index contributed by atoms with van der Waals surface area (Å²) in [6, 6.07) is 4.91. The van der Waals surface area contributed by atoms with Crippen molar-refractivity contribution in [3.63, 3.8) is 0 Å². The molecule has 0 fully saturated rings. The molecule has 0 aliphatic rings. The average molecular weight is 458 g/mol. The molecular formula is C18H14F3N3O2S3. The third-order valence-corrected chi connectivity index (χ3v) is 6.65. The Morgan fingerprint density at radius 3 is 2.55 bits per heavy atom. The van der Waals surface area contributed by atoms with Crippen LogP contribution in [0.1, 0.15) is 17.5 Å². The molecule has 0 saturated carbocycles. The first-order chi connectivity index (χ1) is 13.6. The normalized spacial score (nSPS) is 12.6. The van der Waals surface area contributed by atoms with Crippen molar-refractivity contribution in [3.8, 4) is 10.6 Å². The third-order valence-electron chi connectivity index (χ3n) is 3.59. The molecule has 1 N–H and O–H groups in total. The lowest BCUT2D eigenvalue weighted by Gasteiger charge is -2.07. The highest BCUT2D eigenvalue weighted by molar-refractivity contribution is 7.86. The highest BCUT2D eigenvalue weighted by Crippen LogP contribution is 2.31. The minimum atomic E-state index is -4.81. The van der Waals surface area contributed by atoms with E-state index in [1.165, 1.54) is 34.8 Å². The standard InChI is InChI=1S/C18H14F3N3O2S3/c1-10(2)16-22-8-14(28-16)13-9-27-17(23-13)24-15(25)7-11-3-5-12(6-4-11)29(26)18(19,20)21/h3-6,8-9H,1,7H2,2H3,(H,23,24,25). The molecule has 1 atom stereocenters. The van der Waals surface area contributed by atoms with Crippen molar-refractivity contribution in [1.29, 1.82) is 0 Å². The molecule has 1 amide bonds. The second kappa shape index (κ2) is 8.56. The molecule has 3 aromatic rings. The fraction of sp³-hybridized carbons (Fsp3) is 0.167. The van der Waals surface area contributed by atoms with Crippen LogP contribution in [0.2, 0.25) is 0 Å². The van der Waals surface area contributed by atoms with Gasteiger partial charge >= 0.3 is 5.51 Å². The summed E-state index contributed by atoms with van der Waals surface area (Å²) >= 11 is 2.71. The molecule has 11 heteroatoms. The predicted molar refractivity (Wildman–Crippen MR) is 109 cm³/mol. The fourth-order valence-corrected chi connectivity index (χ4v) is 4.50. The predicted octanol–water partition coefficient (Wildman–Crippen LogP) is 5.11. The van der Waals surface area contributed by atoms with Gasteiger partial charge in [-0.15, -0.1) is 22.7 Å². The second-order valence-electron chi connectivity index (χ2n) is 5.93. The Balaban J connectivity index is 1.62. The first-order valence-corrected chi connectivity index (χ1v) is 10.9. The van der Waals surface area contributed by atoms with Crippen molar-refractivity contribution in [1.82, 2.24) is 9.97 Å². The molecule has 5 nitrogen and oxygen atoms in total. The Labute approximate surface area is 174 Å². The minimum absolute atomic E-state index is 0.0474. The van der Waals surface area contributed by atoms with Gasteiger partial charge in [-0.2, -0.15) is 13.2 Å².